The molecule has 1 unspecified atom stereocenters. The monoisotopic (exact) mass is 1060 g/mol. The van der Waals surface area contributed by atoms with Gasteiger partial charge in [0.05, 0.1) is 6.61 Å². The summed E-state index contributed by atoms with van der Waals surface area (Å²) in [5.74, 6) is -1.28. The zero-order valence-corrected chi connectivity index (χ0v) is 46.0. The molecule has 3 aromatic rings. The van der Waals surface area contributed by atoms with Gasteiger partial charge in [-0.1, -0.05) is 62.6 Å². The van der Waals surface area contributed by atoms with E-state index in [-0.39, 0.29) is 42.2 Å². The molecule has 72 heavy (non-hydrogen) atoms. The lowest BCUT2D eigenvalue weighted by Crippen LogP contribution is -2.21. The molecule has 3 aliphatic rings. The predicted octanol–water partition coefficient (Wildman–Crippen LogP) is 8.83. The van der Waals surface area contributed by atoms with E-state index in [2.05, 4.69) is 12.2 Å². The second-order valence-corrected chi connectivity index (χ2v) is 21.5. The molecule has 0 radical (unpaired) electrons. The van der Waals surface area contributed by atoms with Crippen molar-refractivity contribution >= 4 is 43.0 Å². The molecule has 19 heteroatoms. The van der Waals surface area contributed by atoms with Gasteiger partial charge in [0, 0.05) is 72.9 Å². The van der Waals surface area contributed by atoms with Gasteiger partial charge in [-0.25, -0.2) is 14.4 Å². The number of nitrogens with one attached hydrogen (secondary N) is 1. The van der Waals surface area contributed by atoms with Gasteiger partial charge >= 0.3 is 17.9 Å². The number of hydrogen-bond acceptors (Lipinski definition) is 16. The lowest BCUT2D eigenvalue weighted by molar-refractivity contribution is 0.0472. The number of fused-ring (bicyclic) bond motifs is 3. The van der Waals surface area contributed by atoms with Gasteiger partial charge in [-0.2, -0.15) is 0 Å². The smallest absolute Gasteiger partial charge is 0.342 e. The minimum atomic E-state index is -1.97. The number of esters is 3. The van der Waals surface area contributed by atoms with E-state index >= 15 is 0 Å². The maximum atomic E-state index is 12.1. The Labute approximate surface area is 427 Å². The molecular formula is C53H74NO15P3. The maximum absolute atomic E-state index is 12.1. The number of ether oxygens (including phenoxy) is 3. The van der Waals surface area contributed by atoms with Crippen LogP contribution in [-0.4, -0.2) is 103 Å². The predicted molar refractivity (Wildman–Crippen MR) is 282 cm³/mol. The molecule has 1 atom stereocenters. The van der Waals surface area contributed by atoms with Crippen LogP contribution >= 0.6 is 25.1 Å². The summed E-state index contributed by atoms with van der Waals surface area (Å²) < 4.78 is 20.2. The van der Waals surface area contributed by atoms with Crippen LogP contribution in [0.5, 0.6) is 17.2 Å². The molecule has 9 N–H and O–H groups in total. The molecule has 0 bridgehead atoms. The van der Waals surface area contributed by atoms with Crippen LogP contribution in [0.15, 0.2) is 34.9 Å². The lowest BCUT2D eigenvalue weighted by Gasteiger charge is -2.24. The fourth-order valence-electron chi connectivity index (χ4n) is 9.44. The average Bonchev–Trinajstić information content (AvgIpc) is 3.94. The first-order chi connectivity index (χ1) is 34.2. The van der Waals surface area contributed by atoms with E-state index in [1.807, 2.05) is 73.6 Å². The van der Waals surface area contributed by atoms with E-state index in [1.165, 1.54) is 7.11 Å². The molecule has 396 valence electrons. The first-order valence-corrected chi connectivity index (χ1v) is 28.5. The number of phenols is 3. The third-order valence-electron chi connectivity index (χ3n) is 13.4. The van der Waals surface area contributed by atoms with Crippen molar-refractivity contribution in [1.82, 2.24) is 5.32 Å². The molecule has 3 aliphatic heterocycles. The summed E-state index contributed by atoms with van der Waals surface area (Å²) in [6, 6.07) is 0. The second kappa shape index (κ2) is 28.4. The van der Waals surface area contributed by atoms with E-state index in [0.29, 0.717) is 75.3 Å². The van der Waals surface area contributed by atoms with Crippen LogP contribution in [0, 0.1) is 20.8 Å². The summed E-state index contributed by atoms with van der Waals surface area (Å²) in [6.45, 7) is 19.9. The Morgan fingerprint density at radius 3 is 1.46 bits per heavy atom. The van der Waals surface area contributed by atoms with Crippen molar-refractivity contribution < 1.29 is 72.9 Å². The van der Waals surface area contributed by atoms with Gasteiger partial charge in [-0.15, -0.1) is 0 Å². The van der Waals surface area contributed by atoms with Gasteiger partial charge < -0.3 is 63.8 Å². The fourth-order valence-corrected chi connectivity index (χ4v) is 11.2. The molecule has 0 spiro atoms. The van der Waals surface area contributed by atoms with E-state index in [4.69, 9.17) is 28.5 Å². The molecule has 0 amide bonds. The summed E-state index contributed by atoms with van der Waals surface area (Å²) in [6.07, 6.45) is 12.2. The van der Waals surface area contributed by atoms with Crippen molar-refractivity contribution in [1.29, 1.82) is 0 Å². The normalized spacial score (nSPS) is 14.8. The van der Waals surface area contributed by atoms with Crippen molar-refractivity contribution in [3.05, 3.63) is 118 Å². The van der Waals surface area contributed by atoms with Crippen LogP contribution in [0.4, 0.5) is 0 Å². The van der Waals surface area contributed by atoms with Crippen LogP contribution in [0.25, 0.3) is 0 Å². The van der Waals surface area contributed by atoms with Gasteiger partial charge in [0.15, 0.2) is 25.1 Å². The van der Waals surface area contributed by atoms with Crippen LogP contribution < -0.4 is 5.32 Å². The van der Waals surface area contributed by atoms with Crippen molar-refractivity contribution in [2.45, 2.75) is 127 Å². The first-order valence-electron chi connectivity index (χ1n) is 24.3. The average molecular weight is 1060 g/mol. The topological polar surface area (TPSA) is 262 Å². The Morgan fingerprint density at radius 1 is 0.597 bits per heavy atom. The highest BCUT2D eigenvalue weighted by Gasteiger charge is 2.33. The quantitative estimate of drug-likeness (QED) is 0.0168. The standard InChI is InChI=1S/C19H28NO5P.2C17H23O5P/c1-4-14-13(3)15-7-9-25-19(22)17(15)18(21)16(14)6-5-12(2)11-20-8-10-26(23)24;1-5-12-11(3)14-8-22-17(19)15(14)16(18)13(12)7-6-10(2)9-23(20)21-4;1-4-11(9-23(20)21)6-7-13-12(5-2)10(3)14-8-22-17(19)15(14)16(13)18/h5,20-21,23-24H,4,6-11H2,1-3H3;6,18,20H,5,7-9H2,1-4H3;6,18,20-21H,4-5,7-9H2,1-3H3/b12-5+;10-6+;11-6+. The van der Waals surface area contributed by atoms with Crippen molar-refractivity contribution in [3.8, 4) is 17.2 Å². The highest BCUT2D eigenvalue weighted by Crippen LogP contribution is 2.41. The number of carbonyl (C=O) groups is 3. The molecule has 16 nitrogen and oxygen atoms in total. The van der Waals surface area contributed by atoms with Crippen molar-refractivity contribution in [2.75, 3.05) is 45.3 Å². The SMILES string of the molecule is CC/C(=C\Cc1c(O)c2c(c(C)c1CC)COC2=O)CP(O)O.CCc1c(C)c2c(c(O)c1C/C=C(\C)CNCCP(O)O)C(=O)OCC2.CCc1c(C)c2c(c(O)c1C/C=C(\C)CP(O)OC)C(=O)OC2. The largest absolute Gasteiger partial charge is 0.507 e. The Morgan fingerprint density at radius 2 is 1.03 bits per heavy atom. The zero-order valence-electron chi connectivity index (χ0n) is 43.3. The van der Waals surface area contributed by atoms with Crippen molar-refractivity contribution in [2.24, 2.45) is 0 Å². The minimum Gasteiger partial charge on any atom is -0.507 e. The molecule has 0 saturated heterocycles. The molecule has 0 saturated carbocycles. The summed E-state index contributed by atoms with van der Waals surface area (Å²) in [4.78, 5) is 81.6. The minimum absolute atomic E-state index is 0.00640. The highest BCUT2D eigenvalue weighted by molar-refractivity contribution is 7.46. The number of allylic oxidation sites excluding steroid dienone is 5. The third kappa shape index (κ3) is 14.9. The number of carbonyl (C=O) groups excluding carboxylic acids is 3. The number of aromatic hydroxyl groups is 3. The highest BCUT2D eigenvalue weighted by atomic mass is 31.2. The summed E-state index contributed by atoms with van der Waals surface area (Å²) in [5, 5.41) is 35.0. The molecule has 6 rings (SSSR count). The molecule has 0 aromatic heterocycles. The zero-order chi connectivity index (χ0) is 53.6. The molecule has 0 fully saturated rings. The van der Waals surface area contributed by atoms with Crippen LogP contribution in [0.1, 0.15) is 146 Å². The molecule has 3 heterocycles. The molecule has 0 aliphatic carbocycles. The Balaban J connectivity index is 0.000000235. The van der Waals surface area contributed by atoms with E-state index in [0.717, 1.165) is 103 Å². The number of cyclic esters (lactones) is 3. The Kier molecular flexibility index (Phi) is 23.8. The maximum Gasteiger partial charge on any atom is 0.342 e. The fraction of sp³-hybridized carbons (Fsp3) is 0.491. The summed E-state index contributed by atoms with van der Waals surface area (Å²) in [5.41, 5.74) is 15.0. The number of hydrogen-bond donors (Lipinski definition) is 9. The van der Waals surface area contributed by atoms with Gasteiger partial charge in [-0.3, -0.25) is 0 Å². The van der Waals surface area contributed by atoms with E-state index in [1.54, 1.807) is 0 Å². The van der Waals surface area contributed by atoms with Crippen LogP contribution in [0.2, 0.25) is 0 Å². The summed E-state index contributed by atoms with van der Waals surface area (Å²) in [7, 11) is -3.78. The molecule has 3 aromatic carbocycles. The van der Waals surface area contributed by atoms with Crippen LogP contribution in [0.3, 0.4) is 0 Å². The summed E-state index contributed by atoms with van der Waals surface area (Å²) >= 11 is 0. The van der Waals surface area contributed by atoms with Crippen LogP contribution in [-0.2, 0) is 76.9 Å². The van der Waals surface area contributed by atoms with Gasteiger partial charge in [-0.05, 0) is 119 Å². The molecular weight excluding hydrogens is 983 g/mol. The lowest BCUT2D eigenvalue weighted by atomic mass is 9.86. The van der Waals surface area contributed by atoms with E-state index < -0.39 is 43.0 Å². The van der Waals surface area contributed by atoms with Gasteiger partial charge in [0.2, 0.25) is 0 Å². The first kappa shape index (κ1) is 60.3. The van der Waals surface area contributed by atoms with Crippen molar-refractivity contribution in [3.63, 3.8) is 0 Å². The van der Waals surface area contributed by atoms with E-state index in [9.17, 15) is 44.4 Å². The Hall–Kier alpha value is -4.30. The third-order valence-corrected chi connectivity index (χ3v) is 15.9. The number of benzene rings is 3. The Bertz CT molecular complexity index is 2550. The van der Waals surface area contributed by atoms with Gasteiger partial charge in [0.25, 0.3) is 0 Å². The van der Waals surface area contributed by atoms with Gasteiger partial charge in [0.1, 0.15) is 47.2 Å². The second-order valence-electron chi connectivity index (χ2n) is 17.9. The number of rotatable bonds is 20. The number of phenolic OH excluding ortho intramolecular Hbond substituents is 3.